The molecule has 2 N–H and O–H groups in total. The second-order valence-electron chi connectivity index (χ2n) is 4.84. The molecule has 2 heteroatoms. The van der Waals surface area contributed by atoms with Gasteiger partial charge in [-0.1, -0.05) is 60.2 Å². The maximum absolute atomic E-state index is 12.2. The third-order valence-corrected chi connectivity index (χ3v) is 3.36. The molecule has 0 aliphatic rings. The van der Waals surface area contributed by atoms with Crippen LogP contribution in [0.3, 0.4) is 0 Å². The predicted octanol–water partition coefficient (Wildman–Crippen LogP) is 3.31. The fourth-order valence-electron chi connectivity index (χ4n) is 2.14. The highest BCUT2D eigenvalue weighted by molar-refractivity contribution is 5.96. The Morgan fingerprint density at radius 3 is 2.26 bits per heavy atom. The molecule has 2 nitrogen and oxygen atoms in total. The number of hydrogen-bond acceptors (Lipinski definition) is 2. The SMILES string of the molecule is Cc1ccc(C(=O)CC(CN)c2ccccc2)cc1. The average Bonchev–Trinajstić information content (AvgIpc) is 2.46. The fraction of sp³-hybridized carbons (Fsp3) is 0.235. The summed E-state index contributed by atoms with van der Waals surface area (Å²) in [5.74, 6) is 0.245. The van der Waals surface area contributed by atoms with Gasteiger partial charge in [0, 0.05) is 17.9 Å². The highest BCUT2D eigenvalue weighted by atomic mass is 16.1. The van der Waals surface area contributed by atoms with Gasteiger partial charge < -0.3 is 5.73 Å². The number of nitrogens with two attached hydrogens (primary N) is 1. The van der Waals surface area contributed by atoms with Crippen LogP contribution >= 0.6 is 0 Å². The molecular formula is C17H19NO. The number of hydrogen-bond donors (Lipinski definition) is 1. The summed E-state index contributed by atoms with van der Waals surface area (Å²) in [4.78, 5) is 12.2. The van der Waals surface area contributed by atoms with Gasteiger partial charge >= 0.3 is 0 Å². The molecule has 19 heavy (non-hydrogen) atoms. The summed E-state index contributed by atoms with van der Waals surface area (Å²) in [6.07, 6.45) is 0.462. The van der Waals surface area contributed by atoms with Gasteiger partial charge in [0.2, 0.25) is 0 Å². The zero-order valence-electron chi connectivity index (χ0n) is 11.2. The van der Waals surface area contributed by atoms with Crippen LogP contribution in [0, 0.1) is 6.92 Å². The first-order valence-corrected chi connectivity index (χ1v) is 6.55. The van der Waals surface area contributed by atoms with E-state index in [1.165, 1.54) is 0 Å². The second kappa shape index (κ2) is 6.30. The topological polar surface area (TPSA) is 43.1 Å². The van der Waals surface area contributed by atoms with Crippen molar-refractivity contribution in [3.8, 4) is 0 Å². The van der Waals surface area contributed by atoms with Gasteiger partial charge in [-0.15, -0.1) is 0 Å². The number of Topliss-reactive ketones (excluding diaryl/α,β-unsaturated/α-hetero) is 1. The van der Waals surface area contributed by atoms with E-state index < -0.39 is 0 Å². The monoisotopic (exact) mass is 253 g/mol. The molecule has 0 saturated heterocycles. The van der Waals surface area contributed by atoms with Gasteiger partial charge in [-0.3, -0.25) is 4.79 Å². The summed E-state index contributed by atoms with van der Waals surface area (Å²) in [5, 5.41) is 0. The molecule has 2 aromatic rings. The number of rotatable bonds is 5. The maximum Gasteiger partial charge on any atom is 0.163 e. The van der Waals surface area contributed by atoms with Crippen LogP contribution in [0.25, 0.3) is 0 Å². The van der Waals surface area contributed by atoms with Crippen molar-refractivity contribution < 1.29 is 4.79 Å². The van der Waals surface area contributed by atoms with E-state index in [4.69, 9.17) is 5.73 Å². The number of ketones is 1. The molecule has 2 aromatic carbocycles. The van der Waals surface area contributed by atoms with Crippen molar-refractivity contribution in [1.82, 2.24) is 0 Å². The molecule has 0 radical (unpaired) electrons. The largest absolute Gasteiger partial charge is 0.330 e. The smallest absolute Gasteiger partial charge is 0.163 e. The number of benzene rings is 2. The van der Waals surface area contributed by atoms with Gasteiger partial charge in [-0.05, 0) is 19.0 Å². The Morgan fingerprint density at radius 2 is 1.68 bits per heavy atom. The summed E-state index contributed by atoms with van der Waals surface area (Å²) in [7, 11) is 0. The summed E-state index contributed by atoms with van der Waals surface area (Å²) in [6.45, 7) is 2.50. The van der Waals surface area contributed by atoms with Crippen molar-refractivity contribution in [3.05, 3.63) is 71.3 Å². The van der Waals surface area contributed by atoms with Crippen LogP contribution in [-0.4, -0.2) is 12.3 Å². The minimum Gasteiger partial charge on any atom is -0.330 e. The van der Waals surface area contributed by atoms with Crippen LogP contribution in [-0.2, 0) is 0 Å². The Kier molecular flexibility index (Phi) is 4.48. The van der Waals surface area contributed by atoms with E-state index >= 15 is 0 Å². The molecule has 0 bridgehead atoms. The van der Waals surface area contributed by atoms with Gasteiger partial charge in [0.05, 0.1) is 0 Å². The normalized spacial score (nSPS) is 12.1. The van der Waals surface area contributed by atoms with E-state index in [-0.39, 0.29) is 11.7 Å². The van der Waals surface area contributed by atoms with Gasteiger partial charge in [0.25, 0.3) is 0 Å². The van der Waals surface area contributed by atoms with Crippen molar-refractivity contribution in [3.63, 3.8) is 0 Å². The Balaban J connectivity index is 2.10. The van der Waals surface area contributed by atoms with Crippen LogP contribution in [0.2, 0.25) is 0 Å². The molecular weight excluding hydrogens is 234 g/mol. The zero-order chi connectivity index (χ0) is 13.7. The highest BCUT2D eigenvalue weighted by Gasteiger charge is 2.15. The van der Waals surface area contributed by atoms with E-state index in [1.54, 1.807) is 0 Å². The summed E-state index contributed by atoms with van der Waals surface area (Å²) >= 11 is 0. The molecule has 98 valence electrons. The van der Waals surface area contributed by atoms with Crippen molar-refractivity contribution >= 4 is 5.78 Å². The van der Waals surface area contributed by atoms with Gasteiger partial charge in [-0.25, -0.2) is 0 Å². The van der Waals surface area contributed by atoms with Gasteiger partial charge in [0.1, 0.15) is 0 Å². The van der Waals surface area contributed by atoms with Crippen LogP contribution in [0.15, 0.2) is 54.6 Å². The molecule has 2 rings (SSSR count). The molecule has 0 fully saturated rings. The predicted molar refractivity (Wildman–Crippen MR) is 78.4 cm³/mol. The molecule has 0 aliphatic carbocycles. The lowest BCUT2D eigenvalue weighted by Gasteiger charge is -2.14. The Bertz CT molecular complexity index is 531. The fourth-order valence-corrected chi connectivity index (χ4v) is 2.14. The first-order chi connectivity index (χ1) is 9.20. The molecule has 1 unspecified atom stereocenters. The lowest BCUT2D eigenvalue weighted by molar-refractivity contribution is 0.0974. The van der Waals surface area contributed by atoms with E-state index in [2.05, 4.69) is 0 Å². The van der Waals surface area contributed by atoms with Crippen LogP contribution in [0.1, 0.15) is 33.8 Å². The summed E-state index contributed by atoms with van der Waals surface area (Å²) in [6, 6.07) is 17.7. The zero-order valence-corrected chi connectivity index (χ0v) is 11.2. The summed E-state index contributed by atoms with van der Waals surface area (Å²) < 4.78 is 0. The number of aryl methyl sites for hydroxylation is 1. The van der Waals surface area contributed by atoms with Crippen molar-refractivity contribution in [2.24, 2.45) is 5.73 Å². The van der Waals surface area contributed by atoms with Crippen LogP contribution < -0.4 is 5.73 Å². The van der Waals surface area contributed by atoms with Crippen molar-refractivity contribution in [1.29, 1.82) is 0 Å². The third kappa shape index (κ3) is 3.52. The Morgan fingerprint density at radius 1 is 1.05 bits per heavy atom. The number of carbonyl (C=O) groups is 1. The molecule has 1 atom stereocenters. The van der Waals surface area contributed by atoms with E-state index in [1.807, 2.05) is 61.5 Å². The van der Waals surface area contributed by atoms with Crippen molar-refractivity contribution in [2.45, 2.75) is 19.3 Å². The second-order valence-corrected chi connectivity index (χ2v) is 4.84. The Hall–Kier alpha value is -1.93. The third-order valence-electron chi connectivity index (χ3n) is 3.36. The molecule has 0 amide bonds. The van der Waals surface area contributed by atoms with Gasteiger partial charge in [-0.2, -0.15) is 0 Å². The average molecular weight is 253 g/mol. The minimum absolute atomic E-state index is 0.0926. The van der Waals surface area contributed by atoms with E-state index in [0.717, 1.165) is 16.7 Å². The minimum atomic E-state index is 0.0926. The van der Waals surface area contributed by atoms with E-state index in [0.29, 0.717) is 13.0 Å². The maximum atomic E-state index is 12.2. The first-order valence-electron chi connectivity index (χ1n) is 6.55. The van der Waals surface area contributed by atoms with Crippen LogP contribution in [0.4, 0.5) is 0 Å². The van der Waals surface area contributed by atoms with Gasteiger partial charge in [0.15, 0.2) is 5.78 Å². The molecule has 0 saturated carbocycles. The summed E-state index contributed by atoms with van der Waals surface area (Å²) in [5.41, 5.74) is 8.86. The van der Waals surface area contributed by atoms with Crippen molar-refractivity contribution in [2.75, 3.05) is 6.54 Å². The highest BCUT2D eigenvalue weighted by Crippen LogP contribution is 2.20. The quantitative estimate of drug-likeness (QED) is 0.831. The first kappa shape index (κ1) is 13.5. The molecule has 0 aliphatic heterocycles. The molecule has 0 spiro atoms. The Labute approximate surface area is 114 Å². The molecule has 0 aromatic heterocycles. The lowest BCUT2D eigenvalue weighted by atomic mass is 9.91. The standard InChI is InChI=1S/C17H19NO/c1-13-7-9-15(10-8-13)17(19)11-16(12-18)14-5-3-2-4-6-14/h2-10,16H,11-12,18H2,1H3. The van der Waals surface area contributed by atoms with E-state index in [9.17, 15) is 4.79 Å². The van der Waals surface area contributed by atoms with Crippen LogP contribution in [0.5, 0.6) is 0 Å². The molecule has 0 heterocycles. The lowest BCUT2D eigenvalue weighted by Crippen LogP contribution is -2.16. The number of carbonyl (C=O) groups excluding carboxylic acids is 1.